The molecule has 0 aliphatic heterocycles. The number of rotatable bonds is 15. The number of sulfonamides is 1. The van der Waals surface area contributed by atoms with Crippen LogP contribution in [-0.2, 0) is 32.6 Å². The minimum absolute atomic E-state index is 0.00471. The molecule has 0 aliphatic rings. The lowest BCUT2D eigenvalue weighted by Gasteiger charge is -2.34. The standard InChI is InChI=1S/C36H39Cl2N3O5S2/c1-5-46-34-14-10-9-13-32(34)41(48(44,45)30-19-17-29(47-4)18-20-30)24-35(42)40(23-27-15-16-28(37)22-31(27)38)33(36(43)39-25(2)3)21-26-11-7-6-8-12-26/h6-20,22,25,33H,5,21,23-24H2,1-4H3,(H,39,43)/t33-/m0/s1. The Bertz CT molecular complexity index is 1810. The number of ether oxygens (including phenoxy) is 1. The molecule has 0 aromatic heterocycles. The highest BCUT2D eigenvalue weighted by molar-refractivity contribution is 7.98. The molecule has 0 heterocycles. The Morgan fingerprint density at radius 2 is 1.58 bits per heavy atom. The van der Waals surface area contributed by atoms with Crippen LogP contribution in [0.3, 0.4) is 0 Å². The van der Waals surface area contributed by atoms with Crippen LogP contribution in [0, 0.1) is 0 Å². The SMILES string of the molecule is CCOc1ccccc1N(CC(=O)N(Cc1ccc(Cl)cc1Cl)[C@@H](Cc1ccccc1)C(=O)NC(C)C)S(=O)(=O)c1ccc(SC)cc1. The van der Waals surface area contributed by atoms with Crippen LogP contribution < -0.4 is 14.4 Å². The smallest absolute Gasteiger partial charge is 0.264 e. The lowest BCUT2D eigenvalue weighted by atomic mass is 10.0. The van der Waals surface area contributed by atoms with Gasteiger partial charge in [0.15, 0.2) is 0 Å². The second-order valence-electron chi connectivity index (χ2n) is 11.2. The molecule has 1 N–H and O–H groups in total. The molecule has 0 saturated carbocycles. The number of benzene rings is 4. The highest BCUT2D eigenvalue weighted by Crippen LogP contribution is 2.34. The van der Waals surface area contributed by atoms with Crippen LogP contribution in [0.5, 0.6) is 5.75 Å². The predicted molar refractivity (Wildman–Crippen MR) is 195 cm³/mol. The van der Waals surface area contributed by atoms with Crippen molar-refractivity contribution in [1.29, 1.82) is 0 Å². The summed E-state index contributed by atoms with van der Waals surface area (Å²) in [6.45, 7) is 5.03. The zero-order valence-corrected chi connectivity index (χ0v) is 30.4. The number of para-hydroxylation sites is 2. The summed E-state index contributed by atoms with van der Waals surface area (Å²) in [5.74, 6) is -0.705. The van der Waals surface area contributed by atoms with Crippen molar-refractivity contribution in [2.24, 2.45) is 0 Å². The van der Waals surface area contributed by atoms with Crippen LogP contribution in [-0.4, -0.2) is 56.6 Å². The number of nitrogens with one attached hydrogen (secondary N) is 1. The number of amides is 2. The van der Waals surface area contributed by atoms with Crippen LogP contribution in [0.4, 0.5) is 5.69 Å². The maximum atomic E-state index is 14.7. The second-order valence-corrected chi connectivity index (χ2v) is 14.8. The largest absolute Gasteiger partial charge is 0.492 e. The van der Waals surface area contributed by atoms with Crippen molar-refractivity contribution in [3.05, 3.63) is 118 Å². The van der Waals surface area contributed by atoms with Gasteiger partial charge in [0.1, 0.15) is 18.3 Å². The van der Waals surface area contributed by atoms with E-state index in [1.165, 1.54) is 28.8 Å². The average molecular weight is 729 g/mol. The highest BCUT2D eigenvalue weighted by Gasteiger charge is 2.36. The first-order chi connectivity index (χ1) is 22.9. The van der Waals surface area contributed by atoms with Gasteiger partial charge in [-0.3, -0.25) is 13.9 Å². The van der Waals surface area contributed by atoms with Crippen molar-refractivity contribution in [3.63, 3.8) is 0 Å². The van der Waals surface area contributed by atoms with E-state index >= 15 is 0 Å². The normalized spacial score (nSPS) is 12.0. The Morgan fingerprint density at radius 1 is 0.917 bits per heavy atom. The Kier molecular flexibility index (Phi) is 13.2. The van der Waals surface area contributed by atoms with Crippen LogP contribution in [0.25, 0.3) is 0 Å². The molecule has 0 aliphatic carbocycles. The monoisotopic (exact) mass is 727 g/mol. The lowest BCUT2D eigenvalue weighted by Crippen LogP contribution is -2.54. The van der Waals surface area contributed by atoms with Crippen molar-refractivity contribution in [2.45, 2.75) is 55.6 Å². The van der Waals surface area contributed by atoms with E-state index in [1.807, 2.05) is 50.4 Å². The Morgan fingerprint density at radius 3 is 2.21 bits per heavy atom. The van der Waals surface area contributed by atoms with Crippen LogP contribution in [0.1, 0.15) is 31.9 Å². The summed E-state index contributed by atoms with van der Waals surface area (Å²) in [5.41, 5.74) is 1.56. The summed E-state index contributed by atoms with van der Waals surface area (Å²) < 4.78 is 35.7. The molecule has 0 saturated heterocycles. The fraction of sp³-hybridized carbons (Fsp3) is 0.278. The molecule has 4 aromatic rings. The number of thioether (sulfide) groups is 1. The minimum Gasteiger partial charge on any atom is -0.492 e. The molecule has 12 heteroatoms. The molecule has 1 atom stereocenters. The number of hydrogen-bond donors (Lipinski definition) is 1. The first kappa shape index (κ1) is 37.1. The first-order valence-electron chi connectivity index (χ1n) is 15.4. The molecule has 0 unspecified atom stereocenters. The summed E-state index contributed by atoms with van der Waals surface area (Å²) >= 11 is 14.3. The van der Waals surface area contributed by atoms with Gasteiger partial charge in [-0.25, -0.2) is 8.42 Å². The summed E-state index contributed by atoms with van der Waals surface area (Å²) in [6, 6.07) is 26.1. The molecule has 2 amide bonds. The summed E-state index contributed by atoms with van der Waals surface area (Å²) in [7, 11) is -4.31. The van der Waals surface area contributed by atoms with Crippen LogP contribution >= 0.6 is 35.0 Å². The summed E-state index contributed by atoms with van der Waals surface area (Å²) in [4.78, 5) is 30.9. The average Bonchev–Trinajstić information content (AvgIpc) is 3.06. The number of carbonyl (C=O) groups is 2. The zero-order chi connectivity index (χ0) is 34.8. The van der Waals surface area contributed by atoms with Gasteiger partial charge in [-0.2, -0.15) is 0 Å². The predicted octanol–water partition coefficient (Wildman–Crippen LogP) is 7.47. The van der Waals surface area contributed by atoms with E-state index in [-0.39, 0.29) is 42.1 Å². The first-order valence-corrected chi connectivity index (χ1v) is 18.8. The van der Waals surface area contributed by atoms with Crippen molar-refractivity contribution < 1.29 is 22.7 Å². The quantitative estimate of drug-likeness (QED) is 0.128. The van der Waals surface area contributed by atoms with Gasteiger partial charge < -0.3 is 15.0 Å². The number of carbonyl (C=O) groups excluding carboxylic acids is 2. The second kappa shape index (κ2) is 17.1. The van der Waals surface area contributed by atoms with Crippen molar-refractivity contribution in [1.82, 2.24) is 10.2 Å². The molecule has 48 heavy (non-hydrogen) atoms. The zero-order valence-electron chi connectivity index (χ0n) is 27.2. The van der Waals surface area contributed by atoms with E-state index in [0.717, 1.165) is 14.8 Å². The topological polar surface area (TPSA) is 96.0 Å². The maximum Gasteiger partial charge on any atom is 0.264 e. The van der Waals surface area contributed by atoms with E-state index in [0.29, 0.717) is 21.4 Å². The van der Waals surface area contributed by atoms with Crippen molar-refractivity contribution in [3.8, 4) is 5.75 Å². The number of anilines is 1. The number of hydrogen-bond acceptors (Lipinski definition) is 6. The minimum atomic E-state index is -4.31. The van der Waals surface area contributed by atoms with E-state index in [1.54, 1.807) is 61.5 Å². The molecular formula is C36H39Cl2N3O5S2. The molecule has 8 nitrogen and oxygen atoms in total. The molecule has 0 fully saturated rings. The lowest BCUT2D eigenvalue weighted by molar-refractivity contribution is -0.140. The molecule has 4 aromatic carbocycles. The summed E-state index contributed by atoms with van der Waals surface area (Å²) in [6.07, 6.45) is 2.07. The fourth-order valence-corrected chi connectivity index (χ4v) is 7.40. The van der Waals surface area contributed by atoms with Gasteiger partial charge in [0.05, 0.1) is 17.2 Å². The molecular weight excluding hydrogens is 689 g/mol. The van der Waals surface area contributed by atoms with Gasteiger partial charge in [-0.15, -0.1) is 11.8 Å². The van der Waals surface area contributed by atoms with E-state index in [2.05, 4.69) is 5.32 Å². The molecule has 4 rings (SSSR count). The van der Waals surface area contributed by atoms with Gasteiger partial charge in [0.25, 0.3) is 10.0 Å². The van der Waals surface area contributed by atoms with Gasteiger partial charge in [-0.05, 0) is 86.7 Å². The van der Waals surface area contributed by atoms with E-state index in [4.69, 9.17) is 27.9 Å². The summed E-state index contributed by atoms with van der Waals surface area (Å²) in [5, 5.41) is 3.67. The Hall–Kier alpha value is -3.70. The van der Waals surface area contributed by atoms with Crippen molar-refractivity contribution in [2.75, 3.05) is 23.7 Å². The van der Waals surface area contributed by atoms with Crippen LogP contribution in [0.2, 0.25) is 10.0 Å². The van der Waals surface area contributed by atoms with Crippen LogP contribution in [0.15, 0.2) is 107 Å². The number of halogens is 2. The fourth-order valence-electron chi connectivity index (χ4n) is 5.10. The van der Waals surface area contributed by atoms with Crippen molar-refractivity contribution >= 4 is 62.5 Å². The molecule has 0 bridgehead atoms. The van der Waals surface area contributed by atoms with Gasteiger partial charge >= 0.3 is 0 Å². The third-order valence-corrected chi connectivity index (χ3v) is 10.5. The molecule has 0 spiro atoms. The third kappa shape index (κ3) is 9.47. The van der Waals surface area contributed by atoms with E-state index < -0.39 is 28.5 Å². The molecule has 254 valence electrons. The maximum absolute atomic E-state index is 14.7. The van der Waals surface area contributed by atoms with Gasteiger partial charge in [0, 0.05) is 33.9 Å². The third-order valence-electron chi connectivity index (χ3n) is 7.42. The Balaban J connectivity index is 1.86. The molecule has 0 radical (unpaired) electrons. The van der Waals surface area contributed by atoms with Gasteiger partial charge in [-0.1, -0.05) is 71.7 Å². The number of nitrogens with zero attached hydrogens (tertiary/aromatic N) is 2. The highest BCUT2D eigenvalue weighted by atomic mass is 35.5. The van der Waals surface area contributed by atoms with Gasteiger partial charge in [0.2, 0.25) is 11.8 Å². The Labute approximate surface area is 297 Å². The van der Waals surface area contributed by atoms with E-state index in [9.17, 15) is 18.0 Å².